The Labute approximate surface area is 146 Å². The van der Waals surface area contributed by atoms with E-state index in [1.54, 1.807) is 36.6 Å². The molecule has 1 aliphatic heterocycles. The number of fused-ring (bicyclic) bond motifs is 1. The Morgan fingerprint density at radius 1 is 1.20 bits per heavy atom. The van der Waals surface area contributed by atoms with Crippen molar-refractivity contribution in [3.05, 3.63) is 53.1 Å². The van der Waals surface area contributed by atoms with Gasteiger partial charge in [-0.3, -0.25) is 14.9 Å². The van der Waals surface area contributed by atoms with Gasteiger partial charge in [0, 0.05) is 11.8 Å². The highest BCUT2D eigenvalue weighted by Crippen LogP contribution is 2.27. The minimum Gasteiger partial charge on any atom is -0.463 e. The van der Waals surface area contributed by atoms with Crippen LogP contribution in [-0.2, 0) is 4.79 Å². The van der Waals surface area contributed by atoms with Crippen molar-refractivity contribution in [1.82, 2.24) is 10.6 Å². The molecule has 7 nitrogen and oxygen atoms in total. The van der Waals surface area contributed by atoms with Gasteiger partial charge in [-0.25, -0.2) is 4.79 Å². The van der Waals surface area contributed by atoms with Gasteiger partial charge in [-0.2, -0.15) is 0 Å². The number of hydrogen-bond acceptors (Lipinski definition) is 5. The first-order valence-electron chi connectivity index (χ1n) is 7.57. The molecule has 1 aromatic carbocycles. The lowest BCUT2D eigenvalue weighted by atomic mass is 10.0. The lowest BCUT2D eigenvalue weighted by molar-refractivity contribution is -0.121. The maximum atomic E-state index is 12.3. The van der Waals surface area contributed by atoms with Gasteiger partial charge >= 0.3 is 6.03 Å². The molecule has 4 rings (SSSR count). The van der Waals surface area contributed by atoms with Crippen LogP contribution in [0.1, 0.15) is 27.7 Å². The summed E-state index contributed by atoms with van der Waals surface area (Å²) < 4.78 is 6.19. The van der Waals surface area contributed by atoms with Crippen LogP contribution >= 0.6 is 11.3 Å². The van der Waals surface area contributed by atoms with Crippen LogP contribution in [0, 0.1) is 0 Å². The Morgan fingerprint density at radius 2 is 2.00 bits per heavy atom. The molecule has 3 N–H and O–H groups in total. The normalized spacial score (nSPS) is 17.2. The molecule has 3 aromatic rings. The summed E-state index contributed by atoms with van der Waals surface area (Å²) in [6.45, 7) is 0. The zero-order valence-corrected chi connectivity index (χ0v) is 13.7. The van der Waals surface area contributed by atoms with Crippen molar-refractivity contribution < 1.29 is 18.8 Å². The number of nitrogens with one attached hydrogen (secondary N) is 3. The fraction of sp³-hybridized carbons (Fsp3) is 0.118. The molecule has 126 valence electrons. The first kappa shape index (κ1) is 15.4. The van der Waals surface area contributed by atoms with E-state index < -0.39 is 6.03 Å². The predicted molar refractivity (Wildman–Crippen MR) is 92.5 cm³/mol. The molecule has 1 aliphatic rings. The highest BCUT2D eigenvalue weighted by molar-refractivity contribution is 7.20. The second-order valence-electron chi connectivity index (χ2n) is 5.61. The van der Waals surface area contributed by atoms with Crippen LogP contribution in [0.25, 0.3) is 10.3 Å². The standard InChI is InChI=1S/C17H13N3O4S/c21-15-7-11(19-17(23)20-15)9-1-3-10(4-2-9)18-16(22)14-8-12-13(25-14)5-6-24-12/h1-6,8,11H,7H2,(H,18,22)(H2,19,20,21,23). The number of furan rings is 1. The van der Waals surface area contributed by atoms with Crippen molar-refractivity contribution in [2.24, 2.45) is 0 Å². The topological polar surface area (TPSA) is 100 Å². The van der Waals surface area contributed by atoms with E-state index in [0.717, 1.165) is 10.3 Å². The minimum atomic E-state index is -0.499. The summed E-state index contributed by atoms with van der Waals surface area (Å²) in [5.41, 5.74) is 2.12. The maximum Gasteiger partial charge on any atom is 0.321 e. The number of urea groups is 1. The van der Waals surface area contributed by atoms with Gasteiger partial charge in [0.25, 0.3) is 5.91 Å². The van der Waals surface area contributed by atoms with Crippen molar-refractivity contribution in [3.8, 4) is 0 Å². The lowest BCUT2D eigenvalue weighted by Crippen LogP contribution is -2.48. The highest BCUT2D eigenvalue weighted by Gasteiger charge is 2.24. The van der Waals surface area contributed by atoms with Crippen LogP contribution in [0.3, 0.4) is 0 Å². The first-order chi connectivity index (χ1) is 12.1. The molecule has 1 saturated heterocycles. The summed E-state index contributed by atoms with van der Waals surface area (Å²) >= 11 is 1.36. The number of imide groups is 1. The number of anilines is 1. The zero-order valence-electron chi connectivity index (χ0n) is 12.9. The summed E-state index contributed by atoms with van der Waals surface area (Å²) in [4.78, 5) is 35.7. The van der Waals surface area contributed by atoms with Gasteiger partial charge in [0.2, 0.25) is 5.91 Å². The fourth-order valence-electron chi connectivity index (χ4n) is 2.68. The number of thiophene rings is 1. The zero-order chi connectivity index (χ0) is 17.4. The van der Waals surface area contributed by atoms with Gasteiger partial charge in [0.1, 0.15) is 5.58 Å². The molecule has 0 saturated carbocycles. The lowest BCUT2D eigenvalue weighted by Gasteiger charge is -2.23. The average Bonchev–Trinajstić information content (AvgIpc) is 3.16. The Bertz CT molecular complexity index is 929. The Kier molecular flexibility index (Phi) is 3.73. The van der Waals surface area contributed by atoms with Gasteiger partial charge in [-0.1, -0.05) is 12.1 Å². The highest BCUT2D eigenvalue weighted by atomic mass is 32.1. The minimum absolute atomic E-state index is 0.186. The van der Waals surface area contributed by atoms with Gasteiger partial charge in [0.05, 0.1) is 28.3 Å². The van der Waals surface area contributed by atoms with E-state index in [1.807, 2.05) is 6.07 Å². The van der Waals surface area contributed by atoms with Crippen molar-refractivity contribution >= 4 is 45.2 Å². The maximum absolute atomic E-state index is 12.3. The van der Waals surface area contributed by atoms with Crippen LogP contribution in [0.15, 0.2) is 47.1 Å². The second kappa shape index (κ2) is 6.06. The Hall–Kier alpha value is -3.13. The largest absolute Gasteiger partial charge is 0.463 e. The van der Waals surface area contributed by atoms with Gasteiger partial charge in [-0.05, 0) is 23.8 Å². The molecule has 1 unspecified atom stereocenters. The van der Waals surface area contributed by atoms with E-state index >= 15 is 0 Å². The molecule has 25 heavy (non-hydrogen) atoms. The van der Waals surface area contributed by atoms with Crippen molar-refractivity contribution in [3.63, 3.8) is 0 Å². The molecular weight excluding hydrogens is 342 g/mol. The molecule has 0 radical (unpaired) electrons. The van der Waals surface area contributed by atoms with Crippen molar-refractivity contribution in [1.29, 1.82) is 0 Å². The molecule has 4 amide bonds. The number of amides is 4. The molecule has 1 atom stereocenters. The predicted octanol–water partition coefficient (Wildman–Crippen LogP) is 3.02. The number of carbonyl (C=O) groups excluding carboxylic acids is 3. The second-order valence-corrected chi connectivity index (χ2v) is 6.70. The first-order valence-corrected chi connectivity index (χ1v) is 8.39. The number of hydrogen-bond donors (Lipinski definition) is 3. The Morgan fingerprint density at radius 3 is 2.72 bits per heavy atom. The van der Waals surface area contributed by atoms with Crippen LogP contribution in [0.2, 0.25) is 0 Å². The van der Waals surface area contributed by atoms with Crippen LogP contribution in [0.5, 0.6) is 0 Å². The fourth-order valence-corrected chi connectivity index (χ4v) is 3.56. The molecule has 3 heterocycles. The van der Waals surface area contributed by atoms with E-state index in [2.05, 4.69) is 16.0 Å². The Balaban J connectivity index is 1.46. The van der Waals surface area contributed by atoms with E-state index in [1.165, 1.54) is 11.3 Å². The molecular formula is C17H13N3O4S. The molecule has 0 aliphatic carbocycles. The monoisotopic (exact) mass is 355 g/mol. The molecule has 0 bridgehead atoms. The third-order valence-corrected chi connectivity index (χ3v) is 4.96. The number of rotatable bonds is 3. The summed E-state index contributed by atoms with van der Waals surface area (Å²) in [6, 6.07) is 9.70. The van der Waals surface area contributed by atoms with Crippen LogP contribution in [-0.4, -0.2) is 17.8 Å². The third kappa shape index (κ3) is 3.11. The summed E-state index contributed by atoms with van der Waals surface area (Å²) in [5.74, 6) is -0.525. The van der Waals surface area contributed by atoms with Crippen LogP contribution < -0.4 is 16.0 Å². The molecule has 0 spiro atoms. The molecule has 1 fully saturated rings. The van der Waals surface area contributed by atoms with E-state index in [0.29, 0.717) is 16.1 Å². The van der Waals surface area contributed by atoms with Gasteiger partial charge in [0.15, 0.2) is 0 Å². The van der Waals surface area contributed by atoms with Gasteiger partial charge < -0.3 is 15.1 Å². The molecule has 2 aromatic heterocycles. The molecule has 8 heteroatoms. The smallest absolute Gasteiger partial charge is 0.321 e. The summed E-state index contributed by atoms with van der Waals surface area (Å²) in [7, 11) is 0. The summed E-state index contributed by atoms with van der Waals surface area (Å²) in [6.07, 6.45) is 1.78. The van der Waals surface area contributed by atoms with Crippen LogP contribution in [0.4, 0.5) is 10.5 Å². The van der Waals surface area contributed by atoms with E-state index in [-0.39, 0.29) is 24.3 Å². The average molecular weight is 355 g/mol. The number of benzene rings is 1. The third-order valence-electron chi connectivity index (χ3n) is 3.88. The quantitative estimate of drug-likeness (QED) is 0.672. The van der Waals surface area contributed by atoms with E-state index in [4.69, 9.17) is 4.42 Å². The van der Waals surface area contributed by atoms with E-state index in [9.17, 15) is 14.4 Å². The summed E-state index contributed by atoms with van der Waals surface area (Å²) in [5, 5.41) is 7.70. The van der Waals surface area contributed by atoms with Gasteiger partial charge in [-0.15, -0.1) is 11.3 Å². The number of carbonyl (C=O) groups is 3. The SMILES string of the molecule is O=C1CC(c2ccc(NC(=O)c3cc4occc4s3)cc2)NC(=O)N1. The van der Waals surface area contributed by atoms with Crippen molar-refractivity contribution in [2.75, 3.05) is 5.32 Å². The van der Waals surface area contributed by atoms with Crippen molar-refractivity contribution in [2.45, 2.75) is 12.5 Å².